The van der Waals surface area contributed by atoms with Gasteiger partial charge in [-0.3, -0.25) is 0 Å². The summed E-state index contributed by atoms with van der Waals surface area (Å²) in [4.78, 5) is 0. The van der Waals surface area contributed by atoms with E-state index in [2.05, 4.69) is 36.7 Å². The zero-order valence-electron chi connectivity index (χ0n) is 10.1. The first-order chi connectivity index (χ1) is 7.29. The molecule has 0 aliphatic carbocycles. The summed E-state index contributed by atoms with van der Waals surface area (Å²) in [5, 5.41) is 0.740. The summed E-state index contributed by atoms with van der Waals surface area (Å²) in [5.41, 5.74) is 7.60. The fraction of sp³-hybridized carbons (Fsp3) is 0.538. The molecule has 1 atom stereocenters. The van der Waals surface area contributed by atoms with E-state index in [4.69, 9.17) is 17.3 Å². The predicted octanol–water partition coefficient (Wildman–Crippen LogP) is 4.93. The van der Waals surface area contributed by atoms with Crippen molar-refractivity contribution in [3.8, 4) is 0 Å². The maximum Gasteiger partial charge on any atom is 0.0410 e. The number of nitrogens with two attached hydrogens (primary N) is 1. The molecule has 0 fully saturated rings. The van der Waals surface area contributed by atoms with Gasteiger partial charge in [-0.05, 0) is 42.0 Å². The first kappa shape index (κ1) is 14.0. The van der Waals surface area contributed by atoms with Crippen LogP contribution in [0.4, 0.5) is 0 Å². The van der Waals surface area contributed by atoms with E-state index in [1.165, 1.54) is 0 Å². The third-order valence-electron chi connectivity index (χ3n) is 2.56. The van der Waals surface area contributed by atoms with Crippen molar-refractivity contribution < 1.29 is 0 Å². The van der Waals surface area contributed by atoms with Gasteiger partial charge in [0.05, 0.1) is 0 Å². The van der Waals surface area contributed by atoms with Gasteiger partial charge in [0.15, 0.2) is 0 Å². The van der Waals surface area contributed by atoms with Crippen LogP contribution in [0.3, 0.4) is 0 Å². The van der Waals surface area contributed by atoms with Crippen molar-refractivity contribution in [2.45, 2.75) is 39.7 Å². The fourth-order valence-electron chi connectivity index (χ4n) is 1.54. The second-order valence-electron chi connectivity index (χ2n) is 5.37. The zero-order valence-corrected chi connectivity index (χ0v) is 12.4. The highest BCUT2D eigenvalue weighted by molar-refractivity contribution is 9.10. The summed E-state index contributed by atoms with van der Waals surface area (Å²) in [6, 6.07) is 5.81. The Kier molecular flexibility index (Phi) is 4.84. The van der Waals surface area contributed by atoms with Crippen LogP contribution >= 0.6 is 27.5 Å². The van der Waals surface area contributed by atoms with Gasteiger partial charge in [0.1, 0.15) is 0 Å². The van der Waals surface area contributed by atoms with Gasteiger partial charge < -0.3 is 5.73 Å². The van der Waals surface area contributed by atoms with E-state index in [0.29, 0.717) is 5.41 Å². The molecule has 0 aliphatic rings. The van der Waals surface area contributed by atoms with E-state index in [1.807, 2.05) is 18.2 Å². The average Bonchev–Trinajstić information content (AvgIpc) is 2.17. The van der Waals surface area contributed by atoms with Crippen molar-refractivity contribution in [2.24, 2.45) is 11.1 Å². The van der Waals surface area contributed by atoms with Crippen LogP contribution in [-0.2, 0) is 0 Å². The van der Waals surface area contributed by atoms with Gasteiger partial charge in [0, 0.05) is 15.5 Å². The Morgan fingerprint density at radius 1 is 1.38 bits per heavy atom. The lowest BCUT2D eigenvalue weighted by atomic mass is 9.87. The summed E-state index contributed by atoms with van der Waals surface area (Å²) >= 11 is 9.49. The van der Waals surface area contributed by atoms with Crippen LogP contribution in [0.15, 0.2) is 22.7 Å². The van der Waals surface area contributed by atoms with E-state index in [-0.39, 0.29) is 6.04 Å². The average molecular weight is 305 g/mol. The molecular weight excluding hydrogens is 286 g/mol. The molecule has 2 N–H and O–H groups in total. The SMILES string of the molecule is CC(C)(C)CCC(N)c1cc(Cl)ccc1Br. The molecule has 0 bridgehead atoms. The smallest absolute Gasteiger partial charge is 0.0410 e. The predicted molar refractivity (Wildman–Crippen MR) is 74.8 cm³/mol. The molecular formula is C13H19BrClN. The first-order valence-corrected chi connectivity index (χ1v) is 6.67. The Balaban J connectivity index is 2.73. The monoisotopic (exact) mass is 303 g/mol. The first-order valence-electron chi connectivity index (χ1n) is 5.50. The standard InChI is InChI=1S/C13H19BrClN/c1-13(2,3)7-6-12(16)10-8-9(15)4-5-11(10)14/h4-5,8,12H,6-7,16H2,1-3H3. The van der Waals surface area contributed by atoms with Crippen LogP contribution in [0, 0.1) is 5.41 Å². The number of rotatable bonds is 3. The topological polar surface area (TPSA) is 26.0 Å². The van der Waals surface area contributed by atoms with Gasteiger partial charge in [0.25, 0.3) is 0 Å². The molecule has 0 saturated carbocycles. The van der Waals surface area contributed by atoms with E-state index in [1.54, 1.807) is 0 Å². The Labute approximate surface area is 111 Å². The molecule has 0 heterocycles. The van der Waals surface area contributed by atoms with E-state index < -0.39 is 0 Å². The molecule has 1 nitrogen and oxygen atoms in total. The van der Waals surface area contributed by atoms with Gasteiger partial charge in [-0.2, -0.15) is 0 Å². The van der Waals surface area contributed by atoms with Crippen LogP contribution in [-0.4, -0.2) is 0 Å². The zero-order chi connectivity index (χ0) is 12.3. The second-order valence-corrected chi connectivity index (χ2v) is 6.66. The van der Waals surface area contributed by atoms with Crippen LogP contribution in [0.5, 0.6) is 0 Å². The van der Waals surface area contributed by atoms with E-state index in [0.717, 1.165) is 27.9 Å². The van der Waals surface area contributed by atoms with E-state index in [9.17, 15) is 0 Å². The van der Waals surface area contributed by atoms with Crippen LogP contribution < -0.4 is 5.73 Å². The molecule has 1 unspecified atom stereocenters. The molecule has 16 heavy (non-hydrogen) atoms. The fourth-order valence-corrected chi connectivity index (χ4v) is 2.26. The van der Waals surface area contributed by atoms with Gasteiger partial charge in [-0.15, -0.1) is 0 Å². The molecule has 0 aliphatic heterocycles. The summed E-state index contributed by atoms with van der Waals surface area (Å²) in [5.74, 6) is 0. The van der Waals surface area contributed by atoms with Gasteiger partial charge >= 0.3 is 0 Å². The maximum absolute atomic E-state index is 6.18. The molecule has 1 aromatic carbocycles. The molecule has 3 heteroatoms. The Bertz CT molecular complexity index is 357. The maximum atomic E-state index is 6.18. The molecule has 90 valence electrons. The summed E-state index contributed by atoms with van der Waals surface area (Å²) in [7, 11) is 0. The van der Waals surface area contributed by atoms with Crippen molar-refractivity contribution in [3.05, 3.63) is 33.3 Å². The van der Waals surface area contributed by atoms with Gasteiger partial charge in [-0.1, -0.05) is 48.3 Å². The Hall–Kier alpha value is -0.0500. The molecule has 0 spiro atoms. The molecule has 0 saturated heterocycles. The van der Waals surface area contributed by atoms with Crippen LogP contribution in [0.2, 0.25) is 5.02 Å². The molecule has 0 radical (unpaired) electrons. The number of hydrogen-bond donors (Lipinski definition) is 1. The van der Waals surface area contributed by atoms with Crippen molar-refractivity contribution >= 4 is 27.5 Å². The Morgan fingerprint density at radius 2 is 2.00 bits per heavy atom. The normalized spacial score (nSPS) is 13.9. The molecule has 1 aromatic rings. The molecule has 1 rings (SSSR count). The highest BCUT2D eigenvalue weighted by Gasteiger charge is 2.15. The Morgan fingerprint density at radius 3 is 2.56 bits per heavy atom. The van der Waals surface area contributed by atoms with Crippen molar-refractivity contribution in [3.63, 3.8) is 0 Å². The lowest BCUT2D eigenvalue weighted by Crippen LogP contribution is -2.15. The minimum absolute atomic E-state index is 0.0484. The summed E-state index contributed by atoms with van der Waals surface area (Å²) in [6.07, 6.45) is 2.08. The lowest BCUT2D eigenvalue weighted by molar-refractivity contribution is 0.349. The van der Waals surface area contributed by atoms with E-state index >= 15 is 0 Å². The van der Waals surface area contributed by atoms with Crippen LogP contribution in [0.1, 0.15) is 45.2 Å². The largest absolute Gasteiger partial charge is 0.324 e. The highest BCUT2D eigenvalue weighted by atomic mass is 79.9. The second kappa shape index (κ2) is 5.52. The number of benzene rings is 1. The van der Waals surface area contributed by atoms with Crippen molar-refractivity contribution in [1.29, 1.82) is 0 Å². The quantitative estimate of drug-likeness (QED) is 0.842. The highest BCUT2D eigenvalue weighted by Crippen LogP contribution is 2.31. The minimum Gasteiger partial charge on any atom is -0.324 e. The number of hydrogen-bond acceptors (Lipinski definition) is 1. The molecule has 0 amide bonds. The third kappa shape index (κ3) is 4.44. The summed E-state index contributed by atoms with van der Waals surface area (Å²) < 4.78 is 1.04. The minimum atomic E-state index is 0.0484. The lowest BCUT2D eigenvalue weighted by Gasteiger charge is -2.21. The summed E-state index contributed by atoms with van der Waals surface area (Å²) in [6.45, 7) is 6.69. The molecule has 0 aromatic heterocycles. The van der Waals surface area contributed by atoms with Crippen LogP contribution in [0.25, 0.3) is 0 Å². The van der Waals surface area contributed by atoms with Crippen molar-refractivity contribution in [1.82, 2.24) is 0 Å². The third-order valence-corrected chi connectivity index (χ3v) is 3.52. The van der Waals surface area contributed by atoms with Gasteiger partial charge in [0.2, 0.25) is 0 Å². The van der Waals surface area contributed by atoms with Crippen molar-refractivity contribution in [2.75, 3.05) is 0 Å². The van der Waals surface area contributed by atoms with Gasteiger partial charge in [-0.25, -0.2) is 0 Å². The number of halogens is 2.